The Morgan fingerprint density at radius 2 is 1.93 bits per heavy atom. The number of alkyl halides is 1. The van der Waals surface area contributed by atoms with Gasteiger partial charge in [-0.25, -0.2) is 4.39 Å². The van der Waals surface area contributed by atoms with Gasteiger partial charge in [0.05, 0.1) is 0 Å². The average molecular weight is 257 g/mol. The minimum atomic E-state index is -1.88. The maximum Gasteiger partial charge on any atom is 0.181 e. The SMILES string of the molecule is C[C@@](F)(C=O)/C=C/c1ccc(Br)cc1. The molecule has 0 aliphatic heterocycles. The molecule has 0 bridgehead atoms. The summed E-state index contributed by atoms with van der Waals surface area (Å²) in [5.74, 6) is 0. The largest absolute Gasteiger partial charge is 0.299 e. The summed E-state index contributed by atoms with van der Waals surface area (Å²) in [6.07, 6.45) is 3.10. The lowest BCUT2D eigenvalue weighted by Crippen LogP contribution is -2.14. The summed E-state index contributed by atoms with van der Waals surface area (Å²) in [5, 5.41) is 0. The Balaban J connectivity index is 2.78. The van der Waals surface area contributed by atoms with Crippen LogP contribution < -0.4 is 0 Å². The summed E-state index contributed by atoms with van der Waals surface area (Å²) in [5.41, 5.74) is -1.02. The lowest BCUT2D eigenvalue weighted by molar-refractivity contribution is -0.114. The number of halogens is 2. The fourth-order valence-electron chi connectivity index (χ4n) is 0.872. The van der Waals surface area contributed by atoms with Crippen LogP contribution in [0.5, 0.6) is 0 Å². The van der Waals surface area contributed by atoms with Crippen molar-refractivity contribution in [3.63, 3.8) is 0 Å². The highest BCUT2D eigenvalue weighted by molar-refractivity contribution is 9.10. The molecule has 14 heavy (non-hydrogen) atoms. The first kappa shape index (κ1) is 11.1. The fraction of sp³-hybridized carbons (Fsp3) is 0.182. The Morgan fingerprint density at radius 3 is 2.43 bits per heavy atom. The van der Waals surface area contributed by atoms with Crippen molar-refractivity contribution in [1.29, 1.82) is 0 Å². The van der Waals surface area contributed by atoms with Crippen molar-refractivity contribution in [2.24, 2.45) is 0 Å². The summed E-state index contributed by atoms with van der Waals surface area (Å²) in [7, 11) is 0. The molecular weight excluding hydrogens is 247 g/mol. The van der Waals surface area contributed by atoms with Gasteiger partial charge in [0.2, 0.25) is 0 Å². The molecule has 0 saturated heterocycles. The maximum atomic E-state index is 13.1. The monoisotopic (exact) mass is 256 g/mol. The third-order valence-corrected chi connectivity index (χ3v) is 2.23. The third-order valence-electron chi connectivity index (χ3n) is 1.70. The number of hydrogen-bond acceptors (Lipinski definition) is 1. The molecule has 74 valence electrons. The maximum absolute atomic E-state index is 13.1. The molecule has 3 heteroatoms. The van der Waals surface area contributed by atoms with Gasteiger partial charge in [-0.05, 0) is 30.7 Å². The van der Waals surface area contributed by atoms with Gasteiger partial charge in [-0.2, -0.15) is 0 Å². The van der Waals surface area contributed by atoms with Gasteiger partial charge in [0.25, 0.3) is 0 Å². The molecule has 0 saturated carbocycles. The van der Waals surface area contributed by atoms with E-state index in [9.17, 15) is 9.18 Å². The minimum absolute atomic E-state index is 0.280. The molecule has 0 aliphatic rings. The first-order valence-corrected chi connectivity index (χ1v) is 4.93. The number of carbonyl (C=O) groups is 1. The Bertz CT molecular complexity index is 341. The van der Waals surface area contributed by atoms with Crippen molar-refractivity contribution < 1.29 is 9.18 Å². The van der Waals surface area contributed by atoms with Crippen LogP contribution in [0, 0.1) is 0 Å². The highest BCUT2D eigenvalue weighted by Gasteiger charge is 2.16. The van der Waals surface area contributed by atoms with Crippen LogP contribution >= 0.6 is 15.9 Å². The molecule has 0 unspecified atom stereocenters. The molecule has 0 fully saturated rings. The van der Waals surface area contributed by atoms with Crippen molar-refractivity contribution in [2.45, 2.75) is 12.6 Å². The van der Waals surface area contributed by atoms with Crippen LogP contribution in [0.4, 0.5) is 4.39 Å². The highest BCUT2D eigenvalue weighted by atomic mass is 79.9. The van der Waals surface area contributed by atoms with Gasteiger partial charge in [0.1, 0.15) is 0 Å². The molecule has 0 N–H and O–H groups in total. The number of allylic oxidation sites excluding steroid dienone is 1. The smallest absolute Gasteiger partial charge is 0.181 e. The highest BCUT2D eigenvalue weighted by Crippen LogP contribution is 2.14. The van der Waals surface area contributed by atoms with Gasteiger partial charge in [-0.1, -0.05) is 34.1 Å². The quantitative estimate of drug-likeness (QED) is 0.758. The number of rotatable bonds is 3. The van der Waals surface area contributed by atoms with Gasteiger partial charge in [-0.3, -0.25) is 4.79 Å². The molecule has 1 aromatic carbocycles. The number of carbonyl (C=O) groups excluding carboxylic acids is 1. The first-order chi connectivity index (χ1) is 6.53. The standard InChI is InChI=1S/C11H10BrFO/c1-11(13,8-14)7-6-9-2-4-10(12)5-3-9/h2-8H,1H3/b7-6+/t11-/m0/s1. The van der Waals surface area contributed by atoms with Crippen LogP contribution in [0.3, 0.4) is 0 Å². The zero-order valence-electron chi connectivity index (χ0n) is 7.71. The second kappa shape index (κ2) is 4.51. The van der Waals surface area contributed by atoms with Crippen LogP contribution in [-0.2, 0) is 4.79 Å². The normalized spacial score (nSPS) is 15.4. The molecule has 1 nitrogen and oxygen atoms in total. The van der Waals surface area contributed by atoms with E-state index >= 15 is 0 Å². The molecule has 0 spiro atoms. The van der Waals surface area contributed by atoms with E-state index in [4.69, 9.17) is 0 Å². The lowest BCUT2D eigenvalue weighted by atomic mass is 10.1. The van der Waals surface area contributed by atoms with Crippen LogP contribution in [0.1, 0.15) is 12.5 Å². The number of aldehydes is 1. The minimum Gasteiger partial charge on any atom is -0.299 e. The van der Waals surface area contributed by atoms with E-state index in [1.165, 1.54) is 13.0 Å². The Morgan fingerprint density at radius 1 is 1.36 bits per heavy atom. The van der Waals surface area contributed by atoms with E-state index in [0.29, 0.717) is 0 Å². The first-order valence-electron chi connectivity index (χ1n) is 4.13. The molecule has 0 radical (unpaired) electrons. The average Bonchev–Trinajstić information content (AvgIpc) is 2.17. The van der Waals surface area contributed by atoms with Gasteiger partial charge < -0.3 is 0 Å². The molecule has 0 heterocycles. The molecule has 1 rings (SSSR count). The molecular formula is C11H10BrFO. The topological polar surface area (TPSA) is 17.1 Å². The summed E-state index contributed by atoms with van der Waals surface area (Å²) in [6, 6.07) is 7.38. The van der Waals surface area contributed by atoms with Crippen LogP contribution in [0.2, 0.25) is 0 Å². The predicted octanol–water partition coefficient (Wildman–Crippen LogP) is 3.39. The van der Waals surface area contributed by atoms with Crippen LogP contribution in [0.25, 0.3) is 6.08 Å². The van der Waals surface area contributed by atoms with Crippen molar-refractivity contribution in [1.82, 2.24) is 0 Å². The Labute approximate surface area is 90.8 Å². The Kier molecular flexibility index (Phi) is 3.58. The van der Waals surface area contributed by atoms with E-state index in [2.05, 4.69) is 15.9 Å². The zero-order valence-corrected chi connectivity index (χ0v) is 9.29. The predicted molar refractivity (Wildman–Crippen MR) is 58.8 cm³/mol. The van der Waals surface area contributed by atoms with E-state index in [1.54, 1.807) is 6.08 Å². The van der Waals surface area contributed by atoms with Gasteiger partial charge in [0, 0.05) is 4.47 Å². The summed E-state index contributed by atoms with van der Waals surface area (Å²) in [4.78, 5) is 10.3. The van der Waals surface area contributed by atoms with Crippen molar-refractivity contribution in [3.05, 3.63) is 40.4 Å². The number of benzene rings is 1. The molecule has 0 aromatic heterocycles. The van der Waals surface area contributed by atoms with Crippen molar-refractivity contribution >= 4 is 28.3 Å². The summed E-state index contributed by atoms with van der Waals surface area (Å²) < 4.78 is 14.1. The molecule has 1 aromatic rings. The lowest BCUT2D eigenvalue weighted by Gasteiger charge is -2.04. The number of hydrogen-bond donors (Lipinski definition) is 0. The van der Waals surface area contributed by atoms with Crippen LogP contribution in [0.15, 0.2) is 34.8 Å². The van der Waals surface area contributed by atoms with Crippen molar-refractivity contribution in [3.8, 4) is 0 Å². The van der Waals surface area contributed by atoms with Gasteiger partial charge in [0.15, 0.2) is 12.0 Å². The van der Waals surface area contributed by atoms with Gasteiger partial charge >= 0.3 is 0 Å². The second-order valence-electron chi connectivity index (χ2n) is 3.15. The zero-order chi connectivity index (χ0) is 10.6. The molecule has 0 aliphatic carbocycles. The van der Waals surface area contributed by atoms with E-state index in [-0.39, 0.29) is 6.29 Å². The summed E-state index contributed by atoms with van der Waals surface area (Å²) in [6.45, 7) is 1.22. The van der Waals surface area contributed by atoms with Crippen molar-refractivity contribution in [2.75, 3.05) is 0 Å². The fourth-order valence-corrected chi connectivity index (χ4v) is 1.14. The molecule has 1 atom stereocenters. The second-order valence-corrected chi connectivity index (χ2v) is 4.07. The van der Waals surface area contributed by atoms with E-state index in [0.717, 1.165) is 10.0 Å². The molecule has 0 amide bonds. The van der Waals surface area contributed by atoms with E-state index in [1.807, 2.05) is 24.3 Å². The Hall–Kier alpha value is -0.960. The summed E-state index contributed by atoms with van der Waals surface area (Å²) >= 11 is 3.30. The van der Waals surface area contributed by atoms with Crippen LogP contribution in [-0.4, -0.2) is 12.0 Å². The van der Waals surface area contributed by atoms with E-state index < -0.39 is 5.67 Å². The van der Waals surface area contributed by atoms with Gasteiger partial charge in [-0.15, -0.1) is 0 Å². The third kappa shape index (κ3) is 3.42.